The predicted molar refractivity (Wildman–Crippen MR) is 81.0 cm³/mol. The van der Waals surface area contributed by atoms with E-state index >= 15 is 0 Å². The fraction of sp³-hybridized carbons (Fsp3) is 1.00. The summed E-state index contributed by atoms with van der Waals surface area (Å²) in [6.45, 7) is 6.41. The minimum atomic E-state index is 0.271. The molecule has 3 heteroatoms. The monoisotopic (exact) mass is 281 g/mol. The molecule has 2 saturated heterocycles. The van der Waals surface area contributed by atoms with Crippen LogP contribution >= 0.6 is 0 Å². The molecular formula is C17H31NO2. The van der Waals surface area contributed by atoms with Crippen LogP contribution in [-0.2, 0) is 9.47 Å². The van der Waals surface area contributed by atoms with Gasteiger partial charge in [-0.25, -0.2) is 0 Å². The molecule has 1 saturated carbocycles. The van der Waals surface area contributed by atoms with E-state index in [1.165, 1.54) is 57.8 Å². The molecule has 1 spiro atoms. The molecule has 0 amide bonds. The summed E-state index contributed by atoms with van der Waals surface area (Å²) in [5.41, 5.74) is 0.701. The molecule has 2 heterocycles. The van der Waals surface area contributed by atoms with Gasteiger partial charge in [-0.2, -0.15) is 0 Å². The average molecular weight is 281 g/mol. The summed E-state index contributed by atoms with van der Waals surface area (Å²) in [7, 11) is 0. The number of ether oxygens (including phenoxy) is 2. The average Bonchev–Trinajstić information content (AvgIpc) is 2.83. The molecule has 1 atom stereocenters. The maximum atomic E-state index is 6.43. The second kappa shape index (κ2) is 6.33. The van der Waals surface area contributed by atoms with Crippen molar-refractivity contribution in [3.8, 4) is 0 Å². The topological polar surface area (TPSA) is 30.5 Å². The summed E-state index contributed by atoms with van der Waals surface area (Å²) in [6.07, 6.45) is 12.2. The zero-order valence-electron chi connectivity index (χ0n) is 13.1. The Morgan fingerprint density at radius 1 is 1.00 bits per heavy atom. The molecule has 20 heavy (non-hydrogen) atoms. The first-order valence-electron chi connectivity index (χ1n) is 8.66. The van der Waals surface area contributed by atoms with Crippen molar-refractivity contribution in [2.75, 3.05) is 26.3 Å². The highest BCUT2D eigenvalue weighted by Gasteiger charge is 2.40. The Balaban J connectivity index is 1.39. The van der Waals surface area contributed by atoms with Crippen molar-refractivity contribution in [3.63, 3.8) is 0 Å². The van der Waals surface area contributed by atoms with Crippen molar-refractivity contribution in [1.29, 1.82) is 0 Å². The Bertz CT molecular complexity index is 306. The van der Waals surface area contributed by atoms with E-state index in [1.807, 2.05) is 0 Å². The van der Waals surface area contributed by atoms with Gasteiger partial charge in [0.05, 0.1) is 11.7 Å². The van der Waals surface area contributed by atoms with E-state index in [4.69, 9.17) is 9.47 Å². The number of hydrogen-bond acceptors (Lipinski definition) is 3. The zero-order valence-corrected chi connectivity index (χ0v) is 13.1. The van der Waals surface area contributed by atoms with Gasteiger partial charge in [-0.1, -0.05) is 26.2 Å². The van der Waals surface area contributed by atoms with E-state index in [0.717, 1.165) is 26.3 Å². The molecule has 3 rings (SSSR count). The fourth-order valence-electron chi connectivity index (χ4n) is 4.18. The van der Waals surface area contributed by atoms with Crippen LogP contribution < -0.4 is 5.32 Å². The Kier molecular flexibility index (Phi) is 4.68. The van der Waals surface area contributed by atoms with E-state index in [1.54, 1.807) is 0 Å². The number of nitrogens with one attached hydrogen (secondary N) is 1. The largest absolute Gasteiger partial charge is 0.381 e. The lowest BCUT2D eigenvalue weighted by molar-refractivity contribution is -0.0633. The second-order valence-corrected chi connectivity index (χ2v) is 7.58. The standard InChI is InChI=1S/C17H31NO2/c1-16(9-11-19-12-10-16)14-18-13-15-5-8-17(20-15)6-3-2-4-7-17/h15,18H,2-14H2,1H3. The molecule has 0 aromatic rings. The van der Waals surface area contributed by atoms with E-state index < -0.39 is 0 Å². The van der Waals surface area contributed by atoms with Crippen molar-refractivity contribution >= 4 is 0 Å². The first-order chi connectivity index (χ1) is 9.70. The molecule has 0 bridgehead atoms. The van der Waals surface area contributed by atoms with Crippen LogP contribution in [0.3, 0.4) is 0 Å². The molecule has 3 aliphatic rings. The van der Waals surface area contributed by atoms with Crippen LogP contribution in [0.25, 0.3) is 0 Å². The normalized spacial score (nSPS) is 32.5. The summed E-state index contributed by atoms with van der Waals surface area (Å²) in [6, 6.07) is 0. The van der Waals surface area contributed by atoms with Crippen molar-refractivity contribution in [2.24, 2.45) is 5.41 Å². The van der Waals surface area contributed by atoms with Gasteiger partial charge < -0.3 is 14.8 Å². The van der Waals surface area contributed by atoms with Crippen LogP contribution in [0.4, 0.5) is 0 Å². The summed E-state index contributed by atoms with van der Waals surface area (Å²) in [5.74, 6) is 0. The smallest absolute Gasteiger partial charge is 0.0708 e. The Hall–Kier alpha value is -0.120. The molecule has 1 unspecified atom stereocenters. The van der Waals surface area contributed by atoms with Gasteiger partial charge in [0.2, 0.25) is 0 Å². The van der Waals surface area contributed by atoms with Crippen LogP contribution in [0.15, 0.2) is 0 Å². The van der Waals surface area contributed by atoms with Gasteiger partial charge in [-0.15, -0.1) is 0 Å². The van der Waals surface area contributed by atoms with E-state index in [9.17, 15) is 0 Å². The number of hydrogen-bond donors (Lipinski definition) is 1. The third kappa shape index (κ3) is 3.55. The van der Waals surface area contributed by atoms with Gasteiger partial charge in [0.1, 0.15) is 0 Å². The molecule has 1 N–H and O–H groups in total. The second-order valence-electron chi connectivity index (χ2n) is 7.58. The van der Waals surface area contributed by atoms with E-state index in [0.29, 0.717) is 11.5 Å². The Labute approximate surface area is 123 Å². The fourth-order valence-corrected chi connectivity index (χ4v) is 4.18. The molecule has 3 nitrogen and oxygen atoms in total. The van der Waals surface area contributed by atoms with Crippen molar-refractivity contribution < 1.29 is 9.47 Å². The quantitative estimate of drug-likeness (QED) is 0.858. The lowest BCUT2D eigenvalue weighted by Crippen LogP contribution is -2.40. The molecule has 0 aromatic carbocycles. The summed E-state index contributed by atoms with van der Waals surface area (Å²) >= 11 is 0. The molecule has 1 aliphatic carbocycles. The van der Waals surface area contributed by atoms with Gasteiger partial charge in [-0.3, -0.25) is 0 Å². The van der Waals surface area contributed by atoms with Crippen LogP contribution in [0.5, 0.6) is 0 Å². The summed E-state index contributed by atoms with van der Waals surface area (Å²) < 4.78 is 11.9. The van der Waals surface area contributed by atoms with Crippen LogP contribution in [-0.4, -0.2) is 38.0 Å². The minimum Gasteiger partial charge on any atom is -0.381 e. The van der Waals surface area contributed by atoms with Gasteiger partial charge in [0.15, 0.2) is 0 Å². The molecule has 2 aliphatic heterocycles. The highest BCUT2D eigenvalue weighted by atomic mass is 16.5. The summed E-state index contributed by atoms with van der Waals surface area (Å²) in [5, 5.41) is 3.68. The van der Waals surface area contributed by atoms with Gasteiger partial charge >= 0.3 is 0 Å². The van der Waals surface area contributed by atoms with E-state index in [2.05, 4.69) is 12.2 Å². The van der Waals surface area contributed by atoms with Crippen LogP contribution in [0.2, 0.25) is 0 Å². The van der Waals surface area contributed by atoms with E-state index in [-0.39, 0.29) is 5.60 Å². The van der Waals surface area contributed by atoms with Crippen molar-refractivity contribution in [3.05, 3.63) is 0 Å². The highest BCUT2D eigenvalue weighted by Crippen LogP contribution is 2.41. The third-order valence-electron chi connectivity index (χ3n) is 5.73. The lowest BCUT2D eigenvalue weighted by Gasteiger charge is -2.35. The maximum Gasteiger partial charge on any atom is 0.0708 e. The highest BCUT2D eigenvalue weighted by molar-refractivity contribution is 4.92. The van der Waals surface area contributed by atoms with Crippen LogP contribution in [0, 0.1) is 5.41 Å². The Morgan fingerprint density at radius 3 is 2.50 bits per heavy atom. The molecule has 116 valence electrons. The first kappa shape index (κ1) is 14.8. The first-order valence-corrected chi connectivity index (χ1v) is 8.66. The molecule has 0 radical (unpaired) electrons. The predicted octanol–water partition coefficient (Wildman–Crippen LogP) is 3.27. The molecule has 0 aromatic heterocycles. The minimum absolute atomic E-state index is 0.271. The van der Waals surface area contributed by atoms with Gasteiger partial charge in [-0.05, 0) is 43.9 Å². The Morgan fingerprint density at radius 2 is 1.75 bits per heavy atom. The van der Waals surface area contributed by atoms with Crippen molar-refractivity contribution in [2.45, 2.75) is 76.4 Å². The van der Waals surface area contributed by atoms with Crippen molar-refractivity contribution in [1.82, 2.24) is 5.32 Å². The van der Waals surface area contributed by atoms with Gasteiger partial charge in [0.25, 0.3) is 0 Å². The number of rotatable bonds is 4. The van der Waals surface area contributed by atoms with Crippen LogP contribution in [0.1, 0.15) is 64.7 Å². The SMILES string of the molecule is CC1(CNCC2CCC3(CCCCC3)O2)CCOCC1. The molecular weight excluding hydrogens is 250 g/mol. The van der Waals surface area contributed by atoms with Gasteiger partial charge in [0, 0.05) is 26.3 Å². The third-order valence-corrected chi connectivity index (χ3v) is 5.73. The summed E-state index contributed by atoms with van der Waals surface area (Å²) in [4.78, 5) is 0. The molecule has 3 fully saturated rings. The zero-order chi connectivity index (χ0) is 13.9. The lowest BCUT2D eigenvalue weighted by atomic mass is 9.82. The maximum absolute atomic E-state index is 6.43.